The Morgan fingerprint density at radius 1 is 1.12 bits per heavy atom. The topological polar surface area (TPSA) is 75.2 Å². The molecule has 7 nitrogen and oxygen atoms in total. The smallest absolute Gasteiger partial charge is 0.223 e. The van der Waals surface area contributed by atoms with Gasteiger partial charge in [0, 0.05) is 44.6 Å². The Morgan fingerprint density at radius 3 is 2.67 bits per heavy atom. The average Bonchev–Trinajstić information content (AvgIpc) is 3.19. The minimum absolute atomic E-state index is 0. The van der Waals surface area contributed by atoms with Crippen molar-refractivity contribution in [2.75, 3.05) is 46.4 Å². The number of carbonyl (C=O) groups is 1. The number of nitrogens with zero attached hydrogens (tertiary/aromatic N) is 2. The van der Waals surface area contributed by atoms with Gasteiger partial charge in [-0.1, -0.05) is 36.4 Å². The van der Waals surface area contributed by atoms with Crippen molar-refractivity contribution in [1.82, 2.24) is 15.5 Å². The Hall–Kier alpha value is -2.49. The van der Waals surface area contributed by atoms with Crippen molar-refractivity contribution >= 4 is 35.8 Å². The van der Waals surface area contributed by atoms with Crippen LogP contribution in [-0.4, -0.2) is 63.2 Å². The zero-order valence-electron chi connectivity index (χ0n) is 19.5. The van der Waals surface area contributed by atoms with Crippen LogP contribution in [0.5, 0.6) is 11.5 Å². The predicted molar refractivity (Wildman–Crippen MR) is 143 cm³/mol. The maximum atomic E-state index is 12.4. The Balaban J connectivity index is 0.00000385. The highest BCUT2D eigenvalue weighted by molar-refractivity contribution is 14.0. The van der Waals surface area contributed by atoms with Crippen LogP contribution in [-0.2, 0) is 11.2 Å². The minimum Gasteiger partial charge on any atom is -0.497 e. The average molecular weight is 566 g/mol. The summed E-state index contributed by atoms with van der Waals surface area (Å²) in [6.07, 6.45) is 1.46. The van der Waals surface area contributed by atoms with E-state index < -0.39 is 0 Å². The molecule has 33 heavy (non-hydrogen) atoms. The summed E-state index contributed by atoms with van der Waals surface area (Å²) < 4.78 is 11.0. The zero-order valence-corrected chi connectivity index (χ0v) is 21.8. The number of likely N-dealkylation sites (tertiary alicyclic amines) is 1. The summed E-state index contributed by atoms with van der Waals surface area (Å²) in [5.41, 5.74) is 1.26. The maximum absolute atomic E-state index is 12.4. The van der Waals surface area contributed by atoms with E-state index in [1.165, 1.54) is 5.56 Å². The van der Waals surface area contributed by atoms with Crippen molar-refractivity contribution in [2.24, 2.45) is 10.9 Å². The number of ether oxygens (including phenoxy) is 2. The summed E-state index contributed by atoms with van der Waals surface area (Å²) in [7, 11) is 1.64. The van der Waals surface area contributed by atoms with Crippen molar-refractivity contribution in [3.8, 4) is 11.5 Å². The van der Waals surface area contributed by atoms with Crippen molar-refractivity contribution < 1.29 is 14.3 Å². The van der Waals surface area contributed by atoms with Crippen LogP contribution in [0, 0.1) is 5.92 Å². The van der Waals surface area contributed by atoms with E-state index in [0.717, 1.165) is 43.5 Å². The standard InChI is InChI=1S/C25H34N4O3.HI/c1-3-26-25(27-13-15-32-23-11-7-10-22(17-23)31-2)28-18-21-16-24(30)29(19-21)14-12-20-8-5-4-6-9-20;/h4-11,17,21H,3,12-16,18-19H2,1-2H3,(H2,26,27,28);1H. The summed E-state index contributed by atoms with van der Waals surface area (Å²) in [5.74, 6) is 2.77. The van der Waals surface area contributed by atoms with Gasteiger partial charge in [0.2, 0.25) is 5.91 Å². The van der Waals surface area contributed by atoms with Gasteiger partial charge in [0.1, 0.15) is 18.1 Å². The number of benzene rings is 2. The van der Waals surface area contributed by atoms with E-state index in [9.17, 15) is 4.79 Å². The molecule has 1 amide bonds. The molecule has 0 radical (unpaired) electrons. The van der Waals surface area contributed by atoms with Gasteiger partial charge in [0.15, 0.2) is 5.96 Å². The van der Waals surface area contributed by atoms with Crippen LogP contribution in [0.2, 0.25) is 0 Å². The predicted octanol–water partition coefficient (Wildman–Crippen LogP) is 3.34. The van der Waals surface area contributed by atoms with E-state index in [1.54, 1.807) is 7.11 Å². The van der Waals surface area contributed by atoms with Gasteiger partial charge in [-0.3, -0.25) is 9.79 Å². The third kappa shape index (κ3) is 9.11. The normalized spacial score (nSPS) is 15.7. The van der Waals surface area contributed by atoms with E-state index in [2.05, 4.69) is 22.8 Å². The summed E-state index contributed by atoms with van der Waals surface area (Å²) in [4.78, 5) is 19.1. The first-order valence-electron chi connectivity index (χ1n) is 11.3. The third-order valence-electron chi connectivity index (χ3n) is 5.36. The van der Waals surface area contributed by atoms with Gasteiger partial charge in [0.25, 0.3) is 0 Å². The molecule has 1 fully saturated rings. The first-order valence-corrected chi connectivity index (χ1v) is 11.3. The zero-order chi connectivity index (χ0) is 22.6. The van der Waals surface area contributed by atoms with Crippen molar-refractivity contribution in [2.45, 2.75) is 19.8 Å². The van der Waals surface area contributed by atoms with Gasteiger partial charge < -0.3 is 25.0 Å². The Morgan fingerprint density at radius 2 is 1.91 bits per heavy atom. The number of hydrogen-bond acceptors (Lipinski definition) is 4. The number of hydrogen-bond donors (Lipinski definition) is 2. The molecule has 1 aliphatic heterocycles. The lowest BCUT2D eigenvalue weighted by Crippen LogP contribution is -2.39. The number of halogens is 1. The van der Waals surface area contributed by atoms with Gasteiger partial charge >= 0.3 is 0 Å². The SMILES string of the molecule is CCNC(=NCC1CC(=O)N(CCc2ccccc2)C1)NCCOc1cccc(OC)c1.I. The Kier molecular flexibility index (Phi) is 11.9. The minimum atomic E-state index is 0. The van der Waals surface area contributed by atoms with E-state index in [4.69, 9.17) is 14.5 Å². The fraction of sp³-hybridized carbons (Fsp3) is 0.440. The highest BCUT2D eigenvalue weighted by Gasteiger charge is 2.28. The first-order chi connectivity index (χ1) is 15.7. The van der Waals surface area contributed by atoms with Crippen LogP contribution in [0.3, 0.4) is 0 Å². The number of guanidine groups is 1. The van der Waals surface area contributed by atoms with Gasteiger partial charge in [-0.25, -0.2) is 0 Å². The maximum Gasteiger partial charge on any atom is 0.223 e. The van der Waals surface area contributed by atoms with Gasteiger partial charge in [-0.15, -0.1) is 24.0 Å². The Bertz CT molecular complexity index is 879. The molecular formula is C25H35IN4O3. The monoisotopic (exact) mass is 566 g/mol. The van der Waals surface area contributed by atoms with Crippen LogP contribution < -0.4 is 20.1 Å². The molecule has 0 aromatic heterocycles. The highest BCUT2D eigenvalue weighted by atomic mass is 127. The van der Waals surface area contributed by atoms with Crippen LogP contribution >= 0.6 is 24.0 Å². The number of nitrogens with one attached hydrogen (secondary N) is 2. The number of methoxy groups -OCH3 is 1. The van der Waals surface area contributed by atoms with Crippen molar-refractivity contribution in [3.63, 3.8) is 0 Å². The number of carbonyl (C=O) groups excluding carboxylic acids is 1. The molecule has 2 N–H and O–H groups in total. The summed E-state index contributed by atoms with van der Waals surface area (Å²) in [6, 6.07) is 17.9. The fourth-order valence-electron chi connectivity index (χ4n) is 3.69. The molecular weight excluding hydrogens is 531 g/mol. The molecule has 1 atom stereocenters. The summed E-state index contributed by atoms with van der Waals surface area (Å²) in [6.45, 7) is 6.10. The van der Waals surface area contributed by atoms with Crippen molar-refractivity contribution in [3.05, 3.63) is 60.2 Å². The molecule has 180 valence electrons. The number of amides is 1. The van der Waals surface area contributed by atoms with E-state index >= 15 is 0 Å². The molecule has 2 aromatic rings. The summed E-state index contributed by atoms with van der Waals surface area (Å²) >= 11 is 0. The lowest BCUT2D eigenvalue weighted by Gasteiger charge is -2.16. The van der Waals surface area contributed by atoms with E-state index in [1.807, 2.05) is 54.3 Å². The molecule has 0 bridgehead atoms. The summed E-state index contributed by atoms with van der Waals surface area (Å²) in [5, 5.41) is 6.55. The molecule has 1 aliphatic rings. The van der Waals surface area contributed by atoms with Crippen LogP contribution in [0.1, 0.15) is 18.9 Å². The molecule has 2 aromatic carbocycles. The second kappa shape index (κ2) is 14.6. The number of rotatable bonds is 11. The lowest BCUT2D eigenvalue weighted by atomic mass is 10.1. The van der Waals surface area contributed by atoms with Gasteiger partial charge in [0.05, 0.1) is 13.7 Å². The molecule has 1 heterocycles. The highest BCUT2D eigenvalue weighted by Crippen LogP contribution is 2.19. The van der Waals surface area contributed by atoms with Gasteiger partial charge in [-0.2, -0.15) is 0 Å². The second-order valence-electron chi connectivity index (χ2n) is 7.82. The molecule has 0 saturated carbocycles. The molecule has 3 rings (SSSR count). The van der Waals surface area contributed by atoms with Crippen LogP contribution in [0.4, 0.5) is 0 Å². The molecule has 0 spiro atoms. The molecule has 0 aliphatic carbocycles. The Labute approximate surface area is 214 Å². The third-order valence-corrected chi connectivity index (χ3v) is 5.36. The van der Waals surface area contributed by atoms with Crippen molar-refractivity contribution in [1.29, 1.82) is 0 Å². The lowest BCUT2D eigenvalue weighted by molar-refractivity contribution is -0.127. The largest absolute Gasteiger partial charge is 0.497 e. The fourth-order valence-corrected chi connectivity index (χ4v) is 3.69. The van der Waals surface area contributed by atoms with Crippen LogP contribution in [0.25, 0.3) is 0 Å². The number of aliphatic imine (C=N–C) groups is 1. The molecule has 1 saturated heterocycles. The molecule has 8 heteroatoms. The van der Waals surface area contributed by atoms with E-state index in [0.29, 0.717) is 26.1 Å². The first kappa shape index (κ1) is 26.8. The quantitative estimate of drug-likeness (QED) is 0.189. The van der Waals surface area contributed by atoms with Crippen LogP contribution in [0.15, 0.2) is 59.6 Å². The van der Waals surface area contributed by atoms with Gasteiger partial charge in [-0.05, 0) is 31.0 Å². The molecule has 1 unspecified atom stereocenters. The second-order valence-corrected chi connectivity index (χ2v) is 7.82. The van der Waals surface area contributed by atoms with E-state index in [-0.39, 0.29) is 35.8 Å².